The SMILES string of the molecule is CCCCOCCNCC(O)c1cc(OC)ccc1OC. The van der Waals surface area contributed by atoms with Crippen molar-refractivity contribution in [2.75, 3.05) is 40.5 Å². The molecule has 120 valence electrons. The first kappa shape index (κ1) is 17.8. The molecule has 0 bridgehead atoms. The van der Waals surface area contributed by atoms with Crippen LogP contribution in [0.4, 0.5) is 0 Å². The molecule has 2 N–H and O–H groups in total. The molecule has 1 rings (SSSR count). The number of aliphatic hydroxyl groups is 1. The van der Waals surface area contributed by atoms with Gasteiger partial charge < -0.3 is 24.6 Å². The standard InChI is InChI=1S/C16H27NO4/c1-4-5-9-21-10-8-17-12-15(18)14-11-13(19-2)6-7-16(14)20-3/h6-7,11,15,17-18H,4-5,8-10,12H2,1-3H3. The van der Waals surface area contributed by atoms with Gasteiger partial charge >= 0.3 is 0 Å². The summed E-state index contributed by atoms with van der Waals surface area (Å²) in [4.78, 5) is 0. The molecule has 0 amide bonds. The number of unbranched alkanes of at least 4 members (excludes halogenated alkanes) is 1. The van der Waals surface area contributed by atoms with E-state index in [0.29, 0.717) is 31.2 Å². The van der Waals surface area contributed by atoms with Crippen molar-refractivity contribution in [1.29, 1.82) is 0 Å². The van der Waals surface area contributed by atoms with Crippen LogP contribution >= 0.6 is 0 Å². The zero-order valence-electron chi connectivity index (χ0n) is 13.2. The summed E-state index contributed by atoms with van der Waals surface area (Å²) in [6, 6.07) is 5.40. The maximum atomic E-state index is 10.3. The lowest BCUT2D eigenvalue weighted by atomic mass is 10.1. The highest BCUT2D eigenvalue weighted by molar-refractivity contribution is 5.41. The van der Waals surface area contributed by atoms with Gasteiger partial charge in [-0.05, 0) is 24.6 Å². The summed E-state index contributed by atoms with van der Waals surface area (Å²) in [5.74, 6) is 1.36. The molecular weight excluding hydrogens is 270 g/mol. The molecule has 1 atom stereocenters. The number of nitrogens with one attached hydrogen (secondary N) is 1. The predicted octanol–water partition coefficient (Wildman–Crippen LogP) is 2.14. The summed E-state index contributed by atoms with van der Waals surface area (Å²) in [6.07, 6.45) is 1.58. The van der Waals surface area contributed by atoms with Gasteiger partial charge in [0.15, 0.2) is 0 Å². The second-order valence-electron chi connectivity index (χ2n) is 4.79. The topological polar surface area (TPSA) is 60.0 Å². The van der Waals surface area contributed by atoms with Crippen molar-refractivity contribution in [2.45, 2.75) is 25.9 Å². The molecule has 0 fully saturated rings. The molecule has 0 radical (unpaired) electrons. The Morgan fingerprint density at radius 2 is 2.00 bits per heavy atom. The van der Waals surface area contributed by atoms with Gasteiger partial charge in [0.25, 0.3) is 0 Å². The second kappa shape index (κ2) is 10.4. The Hall–Kier alpha value is -1.30. The lowest BCUT2D eigenvalue weighted by molar-refractivity contribution is 0.125. The molecule has 1 unspecified atom stereocenters. The number of hydrogen-bond acceptors (Lipinski definition) is 5. The van der Waals surface area contributed by atoms with Crippen LogP contribution in [-0.4, -0.2) is 45.6 Å². The largest absolute Gasteiger partial charge is 0.497 e. The van der Waals surface area contributed by atoms with Gasteiger partial charge in [-0.15, -0.1) is 0 Å². The van der Waals surface area contributed by atoms with E-state index < -0.39 is 6.10 Å². The first-order valence-electron chi connectivity index (χ1n) is 7.41. The molecule has 21 heavy (non-hydrogen) atoms. The van der Waals surface area contributed by atoms with Gasteiger partial charge in [0.05, 0.1) is 26.9 Å². The highest BCUT2D eigenvalue weighted by atomic mass is 16.5. The Balaban J connectivity index is 2.38. The lowest BCUT2D eigenvalue weighted by Crippen LogP contribution is -2.25. The number of rotatable bonds is 11. The molecule has 1 aromatic rings. The minimum absolute atomic E-state index is 0.445. The third kappa shape index (κ3) is 6.33. The minimum Gasteiger partial charge on any atom is -0.497 e. The van der Waals surface area contributed by atoms with E-state index in [0.717, 1.165) is 25.0 Å². The van der Waals surface area contributed by atoms with Crippen LogP contribution in [0.2, 0.25) is 0 Å². The second-order valence-corrected chi connectivity index (χ2v) is 4.79. The number of ether oxygens (including phenoxy) is 3. The summed E-state index contributed by atoms with van der Waals surface area (Å²) < 4.78 is 15.9. The van der Waals surface area contributed by atoms with Gasteiger partial charge in [-0.1, -0.05) is 13.3 Å². The summed E-state index contributed by atoms with van der Waals surface area (Å²) in [7, 11) is 3.19. The maximum absolute atomic E-state index is 10.3. The Labute approximate surface area is 127 Å². The van der Waals surface area contributed by atoms with Gasteiger partial charge in [-0.3, -0.25) is 0 Å². The van der Waals surface area contributed by atoms with Crippen LogP contribution in [0.5, 0.6) is 11.5 Å². The predicted molar refractivity (Wildman–Crippen MR) is 83.1 cm³/mol. The number of aliphatic hydroxyl groups excluding tert-OH is 1. The fraction of sp³-hybridized carbons (Fsp3) is 0.625. The molecule has 1 aromatic carbocycles. The first-order valence-corrected chi connectivity index (χ1v) is 7.41. The highest BCUT2D eigenvalue weighted by Crippen LogP contribution is 2.28. The molecule has 0 heterocycles. The van der Waals surface area contributed by atoms with E-state index >= 15 is 0 Å². The van der Waals surface area contributed by atoms with E-state index in [-0.39, 0.29) is 0 Å². The smallest absolute Gasteiger partial charge is 0.124 e. The Bertz CT molecular complexity index is 398. The monoisotopic (exact) mass is 297 g/mol. The fourth-order valence-electron chi connectivity index (χ4n) is 1.94. The van der Waals surface area contributed by atoms with Crippen LogP contribution in [0, 0.1) is 0 Å². The van der Waals surface area contributed by atoms with Gasteiger partial charge in [-0.2, -0.15) is 0 Å². The zero-order valence-corrected chi connectivity index (χ0v) is 13.2. The van der Waals surface area contributed by atoms with E-state index in [1.807, 2.05) is 6.07 Å². The number of benzene rings is 1. The van der Waals surface area contributed by atoms with Crippen molar-refractivity contribution >= 4 is 0 Å². The average molecular weight is 297 g/mol. The molecule has 0 aromatic heterocycles. The van der Waals surface area contributed by atoms with Gasteiger partial charge in [-0.25, -0.2) is 0 Å². The van der Waals surface area contributed by atoms with Crippen molar-refractivity contribution < 1.29 is 19.3 Å². The van der Waals surface area contributed by atoms with Crippen LogP contribution in [0.15, 0.2) is 18.2 Å². The molecule has 5 nitrogen and oxygen atoms in total. The lowest BCUT2D eigenvalue weighted by Gasteiger charge is -2.16. The molecule has 5 heteroatoms. The highest BCUT2D eigenvalue weighted by Gasteiger charge is 2.14. The Kier molecular flexibility index (Phi) is 8.82. The quantitative estimate of drug-likeness (QED) is 0.613. The van der Waals surface area contributed by atoms with Crippen LogP contribution in [0.1, 0.15) is 31.4 Å². The van der Waals surface area contributed by atoms with E-state index in [4.69, 9.17) is 14.2 Å². The zero-order chi connectivity index (χ0) is 15.5. The minimum atomic E-state index is -0.648. The first-order chi connectivity index (χ1) is 10.2. The van der Waals surface area contributed by atoms with Crippen molar-refractivity contribution in [3.05, 3.63) is 23.8 Å². The third-order valence-corrected chi connectivity index (χ3v) is 3.20. The van der Waals surface area contributed by atoms with Crippen molar-refractivity contribution in [3.8, 4) is 11.5 Å². The van der Waals surface area contributed by atoms with Crippen LogP contribution in [0.3, 0.4) is 0 Å². The summed E-state index contributed by atoms with van der Waals surface area (Å²) in [5.41, 5.74) is 0.719. The van der Waals surface area contributed by atoms with Crippen molar-refractivity contribution in [2.24, 2.45) is 0 Å². The molecule has 0 aliphatic rings. The summed E-state index contributed by atoms with van der Waals surface area (Å²) in [6.45, 7) is 4.75. The molecule has 0 saturated carbocycles. The van der Waals surface area contributed by atoms with Crippen LogP contribution in [0.25, 0.3) is 0 Å². The average Bonchev–Trinajstić information content (AvgIpc) is 2.53. The van der Waals surface area contributed by atoms with Crippen molar-refractivity contribution in [1.82, 2.24) is 5.32 Å². The molecule has 0 aliphatic heterocycles. The van der Waals surface area contributed by atoms with E-state index in [1.54, 1.807) is 26.4 Å². The molecule has 0 aliphatic carbocycles. The van der Waals surface area contributed by atoms with Crippen LogP contribution in [-0.2, 0) is 4.74 Å². The fourth-order valence-corrected chi connectivity index (χ4v) is 1.94. The van der Waals surface area contributed by atoms with Crippen LogP contribution < -0.4 is 14.8 Å². The van der Waals surface area contributed by atoms with E-state index in [9.17, 15) is 5.11 Å². The normalized spacial score (nSPS) is 12.2. The molecular formula is C16H27NO4. The summed E-state index contributed by atoms with van der Waals surface area (Å²) >= 11 is 0. The van der Waals surface area contributed by atoms with Gasteiger partial charge in [0.1, 0.15) is 11.5 Å². The van der Waals surface area contributed by atoms with E-state index in [1.165, 1.54) is 0 Å². The van der Waals surface area contributed by atoms with E-state index in [2.05, 4.69) is 12.2 Å². The maximum Gasteiger partial charge on any atom is 0.124 e. The van der Waals surface area contributed by atoms with Crippen molar-refractivity contribution in [3.63, 3.8) is 0 Å². The Morgan fingerprint density at radius 1 is 1.19 bits per heavy atom. The van der Waals surface area contributed by atoms with Gasteiger partial charge in [0, 0.05) is 25.3 Å². The van der Waals surface area contributed by atoms with Gasteiger partial charge in [0.2, 0.25) is 0 Å². The summed E-state index contributed by atoms with van der Waals surface area (Å²) in [5, 5.41) is 13.4. The number of methoxy groups -OCH3 is 2. The molecule has 0 spiro atoms. The number of hydrogen-bond donors (Lipinski definition) is 2. The Morgan fingerprint density at radius 3 is 2.67 bits per heavy atom. The third-order valence-electron chi connectivity index (χ3n) is 3.20. The molecule has 0 saturated heterocycles.